The van der Waals surface area contributed by atoms with Gasteiger partial charge in [0.1, 0.15) is 11.4 Å². The van der Waals surface area contributed by atoms with Gasteiger partial charge >= 0.3 is 0 Å². The maximum Gasteiger partial charge on any atom is 0.261 e. The second-order valence-corrected chi connectivity index (χ2v) is 10.4. The number of benzene rings is 3. The van der Waals surface area contributed by atoms with E-state index in [1.807, 2.05) is 31.2 Å². The highest BCUT2D eigenvalue weighted by molar-refractivity contribution is 7.92. The molecule has 7 heteroatoms. The molecule has 4 rings (SSSR count). The molecule has 0 saturated heterocycles. The van der Waals surface area contributed by atoms with Crippen LogP contribution in [0.3, 0.4) is 0 Å². The number of nitrogens with one attached hydrogen (secondary N) is 2. The molecule has 178 valence electrons. The number of hydrogen-bond acceptors (Lipinski definition) is 4. The van der Waals surface area contributed by atoms with Crippen LogP contribution in [0.4, 0.5) is 5.69 Å². The van der Waals surface area contributed by atoms with Crippen LogP contribution in [0.1, 0.15) is 60.6 Å². The predicted molar refractivity (Wildman–Crippen MR) is 134 cm³/mol. The van der Waals surface area contributed by atoms with Crippen LogP contribution >= 0.6 is 0 Å². The number of anilines is 1. The van der Waals surface area contributed by atoms with Crippen molar-refractivity contribution in [1.29, 1.82) is 0 Å². The Morgan fingerprint density at radius 1 is 0.971 bits per heavy atom. The van der Waals surface area contributed by atoms with Gasteiger partial charge in [0.2, 0.25) is 0 Å². The highest BCUT2D eigenvalue weighted by atomic mass is 32.2. The molecular weight excluding hydrogens is 448 g/mol. The van der Waals surface area contributed by atoms with Crippen molar-refractivity contribution < 1.29 is 17.9 Å². The fraction of sp³-hybridized carbons (Fsp3) is 0.296. The molecule has 0 spiro atoms. The number of para-hydroxylation sites is 2. The number of aryl methyl sites for hydroxylation is 1. The van der Waals surface area contributed by atoms with Gasteiger partial charge in [-0.2, -0.15) is 0 Å². The van der Waals surface area contributed by atoms with E-state index in [0.29, 0.717) is 6.42 Å². The Labute approximate surface area is 201 Å². The van der Waals surface area contributed by atoms with Gasteiger partial charge in [-0.3, -0.25) is 9.52 Å². The van der Waals surface area contributed by atoms with Gasteiger partial charge in [0.25, 0.3) is 15.9 Å². The van der Waals surface area contributed by atoms with Gasteiger partial charge in [0.05, 0.1) is 22.2 Å². The molecule has 2 N–H and O–H groups in total. The second-order valence-electron chi connectivity index (χ2n) is 8.72. The van der Waals surface area contributed by atoms with Crippen LogP contribution in [0.5, 0.6) is 5.75 Å². The fourth-order valence-electron chi connectivity index (χ4n) is 4.36. The first-order chi connectivity index (χ1) is 16.3. The Hall–Kier alpha value is -3.32. The first-order valence-corrected chi connectivity index (χ1v) is 13.0. The molecule has 1 aliphatic heterocycles. The largest absolute Gasteiger partial charge is 0.487 e. The quantitative estimate of drug-likeness (QED) is 0.462. The molecule has 6 nitrogen and oxygen atoms in total. The molecule has 1 heterocycles. The third-order valence-electron chi connectivity index (χ3n) is 6.54. The number of carbonyl (C=O) groups is 1. The lowest BCUT2D eigenvalue weighted by Gasteiger charge is -2.41. The van der Waals surface area contributed by atoms with Crippen molar-refractivity contribution in [3.63, 3.8) is 0 Å². The van der Waals surface area contributed by atoms with Crippen molar-refractivity contribution in [2.24, 2.45) is 0 Å². The molecule has 34 heavy (non-hydrogen) atoms. The number of rotatable bonds is 7. The molecule has 1 aliphatic rings. The zero-order valence-corrected chi connectivity index (χ0v) is 20.5. The van der Waals surface area contributed by atoms with Crippen LogP contribution in [0.2, 0.25) is 0 Å². The summed E-state index contributed by atoms with van der Waals surface area (Å²) in [6.45, 7) is 6.07. The average molecular weight is 479 g/mol. The third kappa shape index (κ3) is 4.80. The Kier molecular flexibility index (Phi) is 6.66. The van der Waals surface area contributed by atoms with E-state index >= 15 is 0 Å². The number of sulfonamides is 1. The minimum atomic E-state index is -3.84. The summed E-state index contributed by atoms with van der Waals surface area (Å²) in [5, 5.41) is 3.13. The van der Waals surface area contributed by atoms with Crippen molar-refractivity contribution in [2.45, 2.75) is 56.6 Å². The van der Waals surface area contributed by atoms with E-state index in [1.54, 1.807) is 48.5 Å². The summed E-state index contributed by atoms with van der Waals surface area (Å²) in [4.78, 5) is 13.6. The highest BCUT2D eigenvalue weighted by Crippen LogP contribution is 2.42. The van der Waals surface area contributed by atoms with Crippen LogP contribution < -0.4 is 14.8 Å². The second kappa shape index (κ2) is 9.50. The van der Waals surface area contributed by atoms with Gasteiger partial charge in [-0.15, -0.1) is 0 Å². The van der Waals surface area contributed by atoms with E-state index in [0.717, 1.165) is 29.7 Å². The molecule has 0 aromatic heterocycles. The summed E-state index contributed by atoms with van der Waals surface area (Å²) in [7, 11) is -3.84. The van der Waals surface area contributed by atoms with E-state index in [-0.39, 0.29) is 33.7 Å². The zero-order valence-electron chi connectivity index (χ0n) is 19.7. The van der Waals surface area contributed by atoms with Crippen molar-refractivity contribution in [2.75, 3.05) is 4.72 Å². The average Bonchev–Trinajstić information content (AvgIpc) is 2.84. The topological polar surface area (TPSA) is 84.5 Å². The number of carbonyl (C=O) groups excluding carboxylic acids is 1. The van der Waals surface area contributed by atoms with Crippen LogP contribution in [-0.4, -0.2) is 19.9 Å². The van der Waals surface area contributed by atoms with E-state index in [1.165, 1.54) is 0 Å². The molecule has 1 atom stereocenters. The lowest BCUT2D eigenvalue weighted by Crippen LogP contribution is -2.44. The maximum absolute atomic E-state index is 13.4. The van der Waals surface area contributed by atoms with E-state index in [2.05, 4.69) is 23.9 Å². The van der Waals surface area contributed by atoms with Gasteiger partial charge in [0.15, 0.2) is 0 Å². The van der Waals surface area contributed by atoms with E-state index in [9.17, 15) is 13.2 Å². The normalized spacial score (nSPS) is 16.7. The molecule has 3 aromatic rings. The van der Waals surface area contributed by atoms with Gasteiger partial charge < -0.3 is 10.1 Å². The molecule has 0 fully saturated rings. The van der Waals surface area contributed by atoms with Crippen LogP contribution in [-0.2, 0) is 10.0 Å². The lowest BCUT2D eigenvalue weighted by atomic mass is 9.83. The van der Waals surface area contributed by atoms with Crippen molar-refractivity contribution >= 4 is 21.6 Å². The first kappa shape index (κ1) is 23.8. The summed E-state index contributed by atoms with van der Waals surface area (Å²) >= 11 is 0. The molecule has 3 aromatic carbocycles. The molecule has 0 unspecified atom stereocenters. The smallest absolute Gasteiger partial charge is 0.261 e. The molecule has 1 amide bonds. The molecule has 0 bridgehead atoms. The minimum absolute atomic E-state index is 0.141. The maximum atomic E-state index is 13.4. The third-order valence-corrected chi connectivity index (χ3v) is 7.92. The Morgan fingerprint density at radius 3 is 2.32 bits per heavy atom. The number of fused-ring (bicyclic) bond motifs is 1. The number of hydrogen-bond donors (Lipinski definition) is 2. The van der Waals surface area contributed by atoms with E-state index < -0.39 is 10.0 Å². The van der Waals surface area contributed by atoms with Gasteiger partial charge in [0, 0.05) is 12.0 Å². The summed E-state index contributed by atoms with van der Waals surface area (Å²) < 4.78 is 34.8. The Morgan fingerprint density at radius 2 is 1.62 bits per heavy atom. The zero-order chi connectivity index (χ0) is 24.3. The first-order valence-electron chi connectivity index (χ1n) is 11.5. The van der Waals surface area contributed by atoms with Crippen LogP contribution in [0, 0.1) is 6.92 Å². The summed E-state index contributed by atoms with van der Waals surface area (Å²) in [5.41, 5.74) is 2.02. The van der Waals surface area contributed by atoms with Gasteiger partial charge in [-0.1, -0.05) is 61.9 Å². The monoisotopic (exact) mass is 478 g/mol. The molecule has 0 saturated carbocycles. The SMILES string of the molecule is CCC1(CC)C[C@H](NC(=O)c2ccccc2NS(=O)(=O)c2ccc(C)cc2)c2ccccc2O1. The van der Waals surface area contributed by atoms with E-state index in [4.69, 9.17) is 4.74 Å². The number of amides is 1. The van der Waals surface area contributed by atoms with Crippen molar-refractivity contribution in [1.82, 2.24) is 5.32 Å². The highest BCUT2D eigenvalue weighted by Gasteiger charge is 2.39. The molecule has 0 aliphatic carbocycles. The van der Waals surface area contributed by atoms with Crippen molar-refractivity contribution in [3.05, 3.63) is 89.5 Å². The van der Waals surface area contributed by atoms with Gasteiger partial charge in [-0.25, -0.2) is 8.42 Å². The molecular formula is C27H30N2O4S. The van der Waals surface area contributed by atoms with Crippen molar-refractivity contribution in [3.8, 4) is 5.75 Å². The fourth-order valence-corrected chi connectivity index (χ4v) is 5.44. The summed E-state index contributed by atoms with van der Waals surface area (Å²) in [6.07, 6.45) is 2.27. The Balaban J connectivity index is 1.62. The Bertz CT molecular complexity index is 1280. The predicted octanol–water partition coefficient (Wildman–Crippen LogP) is 5.61. The van der Waals surface area contributed by atoms with Crippen LogP contribution in [0.15, 0.2) is 77.7 Å². The van der Waals surface area contributed by atoms with Gasteiger partial charge in [-0.05, 0) is 50.1 Å². The number of ether oxygens (including phenoxy) is 1. The lowest BCUT2D eigenvalue weighted by molar-refractivity contribution is 0.0227. The molecule has 0 radical (unpaired) electrons. The van der Waals surface area contributed by atoms with Crippen LogP contribution in [0.25, 0.3) is 0 Å². The summed E-state index contributed by atoms with van der Waals surface area (Å²) in [5.74, 6) is 0.432. The standard InChI is InChI=1S/C27H30N2O4S/c1-4-27(5-2)18-24(21-10-7-9-13-25(21)33-27)28-26(30)22-11-6-8-12-23(22)29-34(31,32)20-16-14-19(3)15-17-20/h6-17,24,29H,4-5,18H2,1-3H3,(H,28,30)/t24-/m0/s1. The minimum Gasteiger partial charge on any atom is -0.487 e. The summed E-state index contributed by atoms with van der Waals surface area (Å²) in [6, 6.07) is 20.7.